The molecule has 0 radical (unpaired) electrons. The fourth-order valence-corrected chi connectivity index (χ4v) is 7.21. The second-order valence-corrected chi connectivity index (χ2v) is 13.3. The van der Waals surface area contributed by atoms with Crippen LogP contribution in [0.15, 0.2) is 192 Å². The summed E-state index contributed by atoms with van der Waals surface area (Å²) in [6.45, 7) is 0. The number of furan rings is 1. The molecule has 0 bridgehead atoms. The summed E-state index contributed by atoms with van der Waals surface area (Å²) in [5.74, 6) is 1.89. The van der Waals surface area contributed by atoms with Crippen LogP contribution >= 0.6 is 0 Å². The van der Waals surface area contributed by atoms with E-state index in [1.165, 1.54) is 10.9 Å². The third kappa shape index (κ3) is 5.73. The second kappa shape index (κ2) is 12.9. The van der Waals surface area contributed by atoms with Crippen LogP contribution in [-0.2, 0) is 0 Å². The lowest BCUT2D eigenvalue weighted by atomic mass is 9.93. The smallest absolute Gasteiger partial charge is 0.164 e. The van der Waals surface area contributed by atoms with Crippen molar-refractivity contribution < 1.29 is 4.42 Å². The molecule has 10 rings (SSSR count). The first kappa shape index (κ1) is 30.6. The van der Waals surface area contributed by atoms with Crippen LogP contribution in [0, 0.1) is 0 Å². The molecule has 4 nitrogen and oxygen atoms in total. The van der Waals surface area contributed by atoms with Crippen molar-refractivity contribution in [1.29, 1.82) is 0 Å². The van der Waals surface area contributed by atoms with Gasteiger partial charge in [-0.05, 0) is 68.4 Å². The Balaban J connectivity index is 1.07. The van der Waals surface area contributed by atoms with E-state index in [9.17, 15) is 0 Å². The van der Waals surface area contributed by atoms with Crippen molar-refractivity contribution in [1.82, 2.24) is 15.0 Å². The zero-order chi connectivity index (χ0) is 35.1. The molecular formula is C49H31N3O. The van der Waals surface area contributed by atoms with Crippen LogP contribution in [0.25, 0.3) is 100 Å². The molecule has 0 N–H and O–H groups in total. The van der Waals surface area contributed by atoms with Crippen molar-refractivity contribution in [3.05, 3.63) is 188 Å². The van der Waals surface area contributed by atoms with Gasteiger partial charge in [0, 0.05) is 27.5 Å². The zero-order valence-electron chi connectivity index (χ0n) is 28.6. The molecule has 8 aromatic carbocycles. The van der Waals surface area contributed by atoms with Crippen LogP contribution in [0.5, 0.6) is 0 Å². The van der Waals surface area contributed by atoms with Gasteiger partial charge in [-0.25, -0.2) is 15.0 Å². The highest BCUT2D eigenvalue weighted by atomic mass is 16.3. The average molecular weight is 678 g/mol. The molecule has 0 atom stereocenters. The van der Waals surface area contributed by atoms with Crippen LogP contribution in [0.3, 0.4) is 0 Å². The molecule has 248 valence electrons. The predicted octanol–water partition coefficient (Wildman–Crippen LogP) is 12.9. The molecule has 0 aliphatic rings. The maximum atomic E-state index is 6.59. The van der Waals surface area contributed by atoms with Gasteiger partial charge in [0.1, 0.15) is 11.2 Å². The summed E-state index contributed by atoms with van der Waals surface area (Å²) < 4.78 is 6.59. The monoisotopic (exact) mass is 677 g/mol. The summed E-state index contributed by atoms with van der Waals surface area (Å²) in [7, 11) is 0. The molecule has 0 fully saturated rings. The highest BCUT2D eigenvalue weighted by Gasteiger charge is 2.17. The Bertz CT molecular complexity index is 2900. The minimum absolute atomic E-state index is 0.623. The van der Waals surface area contributed by atoms with Crippen LogP contribution in [0.2, 0.25) is 0 Å². The molecule has 0 saturated carbocycles. The summed E-state index contributed by atoms with van der Waals surface area (Å²) in [6, 6.07) is 65.2. The van der Waals surface area contributed by atoms with E-state index in [1.54, 1.807) is 0 Å². The largest absolute Gasteiger partial charge is 0.456 e. The summed E-state index contributed by atoms with van der Waals surface area (Å²) in [5.41, 5.74) is 11.3. The average Bonchev–Trinajstić information content (AvgIpc) is 3.60. The van der Waals surface area contributed by atoms with E-state index in [2.05, 4.69) is 152 Å². The van der Waals surface area contributed by atoms with Gasteiger partial charge < -0.3 is 4.42 Å². The standard InChI is InChI=1S/C49H31N3O/c1-4-12-32(13-5-1)33-20-24-37(25-21-33)48-50-47(36-16-8-3-9-17-36)51-49(52-48)38-26-22-34(23-27-38)41-29-42(35-14-6-2-7-15-35)46-43-28-39-18-10-11-19-40(39)30-44(43)53-45(46)31-41/h1-31H. The summed E-state index contributed by atoms with van der Waals surface area (Å²) in [5, 5.41) is 4.61. The quantitative estimate of drug-likeness (QED) is 0.176. The van der Waals surface area contributed by atoms with Crippen molar-refractivity contribution in [2.24, 2.45) is 0 Å². The molecule has 2 aromatic heterocycles. The lowest BCUT2D eigenvalue weighted by molar-refractivity contribution is 0.669. The van der Waals surface area contributed by atoms with Crippen molar-refractivity contribution in [3.8, 4) is 67.5 Å². The van der Waals surface area contributed by atoms with E-state index in [4.69, 9.17) is 19.4 Å². The van der Waals surface area contributed by atoms with E-state index in [-0.39, 0.29) is 0 Å². The minimum Gasteiger partial charge on any atom is -0.456 e. The van der Waals surface area contributed by atoms with Crippen molar-refractivity contribution in [3.63, 3.8) is 0 Å². The topological polar surface area (TPSA) is 51.8 Å². The van der Waals surface area contributed by atoms with Gasteiger partial charge in [0.05, 0.1) is 0 Å². The van der Waals surface area contributed by atoms with Crippen LogP contribution in [-0.4, -0.2) is 15.0 Å². The lowest BCUT2D eigenvalue weighted by Crippen LogP contribution is -2.00. The van der Waals surface area contributed by atoms with Gasteiger partial charge >= 0.3 is 0 Å². The molecule has 10 aromatic rings. The molecule has 4 heteroatoms. The van der Waals surface area contributed by atoms with Gasteiger partial charge in [0.2, 0.25) is 0 Å². The molecule has 0 spiro atoms. The van der Waals surface area contributed by atoms with Gasteiger partial charge in [-0.3, -0.25) is 0 Å². The highest BCUT2D eigenvalue weighted by Crippen LogP contribution is 2.41. The van der Waals surface area contributed by atoms with E-state index in [0.717, 1.165) is 71.8 Å². The molecule has 0 aliphatic heterocycles. The van der Waals surface area contributed by atoms with Crippen LogP contribution in [0.4, 0.5) is 0 Å². The maximum absolute atomic E-state index is 6.59. The normalized spacial score (nSPS) is 11.4. The Kier molecular flexibility index (Phi) is 7.43. The molecule has 0 unspecified atom stereocenters. The lowest BCUT2D eigenvalue weighted by Gasteiger charge is -2.11. The third-order valence-corrected chi connectivity index (χ3v) is 9.92. The highest BCUT2D eigenvalue weighted by molar-refractivity contribution is 6.16. The Morgan fingerprint density at radius 3 is 1.28 bits per heavy atom. The number of rotatable bonds is 6. The summed E-state index contributed by atoms with van der Waals surface area (Å²) >= 11 is 0. The maximum Gasteiger partial charge on any atom is 0.164 e. The first-order valence-electron chi connectivity index (χ1n) is 17.8. The Labute approximate surface area is 306 Å². The van der Waals surface area contributed by atoms with Gasteiger partial charge in [-0.1, -0.05) is 164 Å². The third-order valence-electron chi connectivity index (χ3n) is 9.92. The summed E-state index contributed by atoms with van der Waals surface area (Å²) in [6.07, 6.45) is 0. The van der Waals surface area contributed by atoms with E-state index in [0.29, 0.717) is 17.5 Å². The summed E-state index contributed by atoms with van der Waals surface area (Å²) in [4.78, 5) is 14.9. The first-order chi connectivity index (χ1) is 26.2. The van der Waals surface area contributed by atoms with Gasteiger partial charge in [-0.15, -0.1) is 0 Å². The van der Waals surface area contributed by atoms with Crippen LogP contribution < -0.4 is 0 Å². The van der Waals surface area contributed by atoms with Gasteiger partial charge in [-0.2, -0.15) is 0 Å². The first-order valence-corrected chi connectivity index (χ1v) is 17.8. The number of nitrogens with zero attached hydrogens (tertiary/aromatic N) is 3. The van der Waals surface area contributed by atoms with Gasteiger partial charge in [0.15, 0.2) is 17.5 Å². The molecule has 0 saturated heterocycles. The zero-order valence-corrected chi connectivity index (χ0v) is 28.6. The Morgan fingerprint density at radius 2 is 0.717 bits per heavy atom. The fraction of sp³-hybridized carbons (Fsp3) is 0. The van der Waals surface area contributed by atoms with E-state index in [1.807, 2.05) is 36.4 Å². The van der Waals surface area contributed by atoms with Crippen molar-refractivity contribution in [2.75, 3.05) is 0 Å². The number of aromatic nitrogens is 3. The number of hydrogen-bond acceptors (Lipinski definition) is 4. The number of benzene rings is 8. The van der Waals surface area contributed by atoms with Gasteiger partial charge in [0.25, 0.3) is 0 Å². The Hall–Kier alpha value is -7.17. The Morgan fingerprint density at radius 1 is 0.302 bits per heavy atom. The number of hydrogen-bond donors (Lipinski definition) is 0. The molecule has 0 amide bonds. The molecule has 53 heavy (non-hydrogen) atoms. The van der Waals surface area contributed by atoms with Crippen molar-refractivity contribution >= 4 is 32.7 Å². The SMILES string of the molecule is c1ccc(-c2ccc(-c3nc(-c4ccccc4)nc(-c4ccc(-c5cc(-c6ccccc6)c6c(c5)oc5cc7ccccc7cc56)cc4)n3)cc2)cc1. The number of fused-ring (bicyclic) bond motifs is 4. The molecule has 2 heterocycles. The van der Waals surface area contributed by atoms with Crippen molar-refractivity contribution in [2.45, 2.75) is 0 Å². The minimum atomic E-state index is 0.623. The molecular weight excluding hydrogens is 647 g/mol. The van der Waals surface area contributed by atoms with E-state index < -0.39 is 0 Å². The second-order valence-electron chi connectivity index (χ2n) is 13.3. The van der Waals surface area contributed by atoms with Crippen LogP contribution in [0.1, 0.15) is 0 Å². The van der Waals surface area contributed by atoms with E-state index >= 15 is 0 Å². The predicted molar refractivity (Wildman–Crippen MR) is 217 cm³/mol. The molecule has 0 aliphatic carbocycles. The fourth-order valence-electron chi connectivity index (χ4n) is 7.21.